The van der Waals surface area contributed by atoms with Gasteiger partial charge in [-0.25, -0.2) is 0 Å². The molecule has 3 aromatic rings. The Hall–Kier alpha value is -1.79. The van der Waals surface area contributed by atoms with Gasteiger partial charge in [0.15, 0.2) is 0 Å². The highest BCUT2D eigenvalue weighted by Gasteiger charge is 2.16. The lowest BCUT2D eigenvalue weighted by atomic mass is 10.2. The first-order valence-electron chi connectivity index (χ1n) is 7.53. The molecule has 3 aromatic carbocycles. The van der Waals surface area contributed by atoms with Crippen molar-refractivity contribution in [3.63, 3.8) is 0 Å². The Morgan fingerprint density at radius 2 is 1.31 bits per heavy atom. The van der Waals surface area contributed by atoms with Gasteiger partial charge in [-0.05, 0) is 48.5 Å². The predicted octanol–water partition coefficient (Wildman–Crippen LogP) is 5.92. The Labute approximate surface area is 166 Å². The van der Waals surface area contributed by atoms with Crippen molar-refractivity contribution in [3.05, 3.63) is 94.5 Å². The standard InChI is InChI=1S/C19H13Cl2NO2S2/c20-15-6-10-17(11-7-15)25-19(14-4-2-1-3-5-14)22-26(23,24)18-12-8-16(21)9-13-18/h1-13H. The maximum atomic E-state index is 12.7. The minimum absolute atomic E-state index is 0.0898. The van der Waals surface area contributed by atoms with Crippen LogP contribution in [0.25, 0.3) is 0 Å². The van der Waals surface area contributed by atoms with Crippen molar-refractivity contribution >= 4 is 50.0 Å². The molecule has 0 N–H and O–H groups in total. The van der Waals surface area contributed by atoms with Gasteiger partial charge >= 0.3 is 0 Å². The number of hydrogen-bond acceptors (Lipinski definition) is 3. The number of nitrogens with zero attached hydrogens (tertiary/aromatic N) is 1. The first kappa shape index (κ1) is 19.0. The Kier molecular flexibility index (Phi) is 6.04. The molecule has 3 nitrogen and oxygen atoms in total. The zero-order chi connectivity index (χ0) is 18.6. The summed E-state index contributed by atoms with van der Waals surface area (Å²) in [6, 6.07) is 22.2. The lowest BCUT2D eigenvalue weighted by molar-refractivity contribution is 0.598. The summed E-state index contributed by atoms with van der Waals surface area (Å²) < 4.78 is 29.5. The number of benzene rings is 3. The van der Waals surface area contributed by atoms with Crippen LogP contribution in [0.1, 0.15) is 5.56 Å². The summed E-state index contributed by atoms with van der Waals surface area (Å²) in [6.45, 7) is 0. The van der Waals surface area contributed by atoms with Crippen molar-refractivity contribution in [3.8, 4) is 0 Å². The van der Waals surface area contributed by atoms with Crippen LogP contribution in [-0.4, -0.2) is 13.5 Å². The Morgan fingerprint density at radius 3 is 1.88 bits per heavy atom. The van der Waals surface area contributed by atoms with Gasteiger partial charge in [0, 0.05) is 20.5 Å². The number of hydrogen-bond donors (Lipinski definition) is 0. The second-order valence-electron chi connectivity index (χ2n) is 5.25. The number of sulfonamides is 1. The van der Waals surface area contributed by atoms with E-state index >= 15 is 0 Å². The van der Waals surface area contributed by atoms with Gasteiger partial charge in [-0.2, -0.15) is 12.8 Å². The number of halogens is 2. The van der Waals surface area contributed by atoms with Gasteiger partial charge in [-0.15, -0.1) is 0 Å². The molecule has 0 aliphatic heterocycles. The molecule has 0 spiro atoms. The first-order valence-corrected chi connectivity index (χ1v) is 10.5. The zero-order valence-electron chi connectivity index (χ0n) is 13.3. The lowest BCUT2D eigenvalue weighted by Gasteiger charge is -2.08. The maximum Gasteiger partial charge on any atom is 0.283 e. The van der Waals surface area contributed by atoms with Gasteiger partial charge in [0.25, 0.3) is 10.0 Å². The fourth-order valence-corrected chi connectivity index (χ4v) is 4.45. The molecule has 132 valence electrons. The second-order valence-corrected chi connectivity index (χ2v) is 8.79. The Bertz CT molecular complexity index is 1020. The molecule has 3 rings (SSSR count). The van der Waals surface area contributed by atoms with Crippen LogP contribution in [0, 0.1) is 0 Å². The van der Waals surface area contributed by atoms with Gasteiger partial charge in [-0.1, -0.05) is 65.3 Å². The topological polar surface area (TPSA) is 46.5 Å². The Balaban J connectivity index is 2.03. The van der Waals surface area contributed by atoms with Crippen molar-refractivity contribution in [2.75, 3.05) is 0 Å². The molecule has 0 unspecified atom stereocenters. The molecule has 7 heteroatoms. The molecule has 26 heavy (non-hydrogen) atoms. The average Bonchev–Trinajstić information content (AvgIpc) is 2.64. The third-order valence-electron chi connectivity index (χ3n) is 3.36. The van der Waals surface area contributed by atoms with E-state index in [1.165, 1.54) is 36.0 Å². The molecular formula is C19H13Cl2NO2S2. The van der Waals surface area contributed by atoms with Crippen molar-refractivity contribution in [2.24, 2.45) is 4.40 Å². The highest BCUT2D eigenvalue weighted by atomic mass is 35.5. The molecule has 0 bridgehead atoms. The minimum Gasteiger partial charge on any atom is -0.199 e. The van der Waals surface area contributed by atoms with E-state index in [0.717, 1.165) is 4.90 Å². The summed E-state index contributed by atoms with van der Waals surface area (Å²) in [5, 5.41) is 1.45. The second kappa shape index (κ2) is 8.27. The van der Waals surface area contributed by atoms with Gasteiger partial charge in [0.1, 0.15) is 5.04 Å². The molecule has 0 aliphatic carbocycles. The smallest absolute Gasteiger partial charge is 0.199 e. The van der Waals surface area contributed by atoms with E-state index in [-0.39, 0.29) is 4.90 Å². The van der Waals surface area contributed by atoms with Gasteiger partial charge in [-0.3, -0.25) is 0 Å². The largest absolute Gasteiger partial charge is 0.283 e. The lowest BCUT2D eigenvalue weighted by Crippen LogP contribution is -2.03. The van der Waals surface area contributed by atoms with Crippen LogP contribution in [0.5, 0.6) is 0 Å². The number of thioether (sulfide) groups is 1. The third-order valence-corrected chi connectivity index (χ3v) is 6.30. The highest BCUT2D eigenvalue weighted by molar-refractivity contribution is 8.15. The fraction of sp³-hybridized carbons (Fsp3) is 0. The molecule has 0 saturated carbocycles. The van der Waals surface area contributed by atoms with E-state index in [1.54, 1.807) is 12.1 Å². The van der Waals surface area contributed by atoms with Crippen LogP contribution in [-0.2, 0) is 10.0 Å². The molecule has 0 aromatic heterocycles. The first-order chi connectivity index (χ1) is 12.4. The van der Waals surface area contributed by atoms with Crippen LogP contribution < -0.4 is 0 Å². The van der Waals surface area contributed by atoms with E-state index in [4.69, 9.17) is 23.2 Å². The van der Waals surface area contributed by atoms with E-state index < -0.39 is 10.0 Å². The van der Waals surface area contributed by atoms with E-state index in [0.29, 0.717) is 20.7 Å². The average molecular weight is 422 g/mol. The summed E-state index contributed by atoms with van der Waals surface area (Å²) in [5.41, 5.74) is 0.713. The van der Waals surface area contributed by atoms with Crippen LogP contribution in [0.4, 0.5) is 0 Å². The van der Waals surface area contributed by atoms with Gasteiger partial charge < -0.3 is 0 Å². The van der Waals surface area contributed by atoms with Crippen molar-refractivity contribution in [1.82, 2.24) is 0 Å². The van der Waals surface area contributed by atoms with E-state index in [2.05, 4.69) is 4.40 Å². The van der Waals surface area contributed by atoms with Crippen LogP contribution in [0.15, 0.2) is 93.1 Å². The SMILES string of the molecule is O=S(=O)(N=C(Sc1ccc(Cl)cc1)c1ccccc1)c1ccc(Cl)cc1. The predicted molar refractivity (Wildman–Crippen MR) is 109 cm³/mol. The molecule has 0 amide bonds. The van der Waals surface area contributed by atoms with Crippen LogP contribution in [0.3, 0.4) is 0 Å². The number of rotatable bonds is 4. The summed E-state index contributed by atoms with van der Waals surface area (Å²) in [4.78, 5) is 0.926. The van der Waals surface area contributed by atoms with Crippen molar-refractivity contribution < 1.29 is 8.42 Å². The molecule has 0 radical (unpaired) electrons. The molecule has 0 fully saturated rings. The van der Waals surface area contributed by atoms with E-state index in [9.17, 15) is 8.42 Å². The van der Waals surface area contributed by atoms with Gasteiger partial charge in [0.05, 0.1) is 4.90 Å². The van der Waals surface area contributed by atoms with Crippen molar-refractivity contribution in [2.45, 2.75) is 9.79 Å². The zero-order valence-corrected chi connectivity index (χ0v) is 16.5. The van der Waals surface area contributed by atoms with Crippen LogP contribution in [0.2, 0.25) is 10.0 Å². The molecule has 0 saturated heterocycles. The molecular weight excluding hydrogens is 409 g/mol. The molecule has 0 aliphatic rings. The molecule has 0 atom stereocenters. The normalized spacial score (nSPS) is 12.2. The summed E-state index contributed by atoms with van der Waals surface area (Å²) in [5.74, 6) is 0. The minimum atomic E-state index is -3.87. The fourth-order valence-electron chi connectivity index (χ4n) is 2.09. The van der Waals surface area contributed by atoms with Crippen molar-refractivity contribution in [1.29, 1.82) is 0 Å². The summed E-state index contributed by atoms with van der Waals surface area (Å²) >= 11 is 13.0. The monoisotopic (exact) mass is 421 g/mol. The summed E-state index contributed by atoms with van der Waals surface area (Å²) in [7, 11) is -3.87. The van der Waals surface area contributed by atoms with Gasteiger partial charge in [0.2, 0.25) is 0 Å². The quantitative estimate of drug-likeness (QED) is 0.298. The molecule has 0 heterocycles. The maximum absolute atomic E-state index is 12.7. The highest BCUT2D eigenvalue weighted by Crippen LogP contribution is 2.27. The Morgan fingerprint density at radius 1 is 0.769 bits per heavy atom. The van der Waals surface area contributed by atoms with E-state index in [1.807, 2.05) is 42.5 Å². The summed E-state index contributed by atoms with van der Waals surface area (Å²) in [6.07, 6.45) is 0. The van der Waals surface area contributed by atoms with Crippen LogP contribution >= 0.6 is 35.0 Å². The third kappa shape index (κ3) is 4.89.